The summed E-state index contributed by atoms with van der Waals surface area (Å²) in [6.45, 7) is 1.95. The minimum absolute atomic E-state index is 0.282. The monoisotopic (exact) mass is 361 g/mol. The molecular weight excluding hydrogens is 341 g/mol. The van der Waals surface area contributed by atoms with Crippen LogP contribution in [0.25, 0.3) is 0 Å². The van der Waals surface area contributed by atoms with Crippen LogP contribution >= 0.6 is 0 Å². The minimum atomic E-state index is -3.69. The van der Waals surface area contributed by atoms with Crippen LogP contribution in [0.2, 0.25) is 0 Å². The largest absolute Gasteiger partial charge is 0.311 e. The molecule has 0 radical (unpaired) electrons. The van der Waals surface area contributed by atoms with Crippen LogP contribution in [0.4, 0.5) is 10.1 Å². The van der Waals surface area contributed by atoms with E-state index >= 15 is 0 Å². The quantitative estimate of drug-likeness (QED) is 0.841. The van der Waals surface area contributed by atoms with Gasteiger partial charge in [-0.3, -0.25) is 4.79 Å². The maximum Gasteiger partial charge on any atom is 0.245 e. The summed E-state index contributed by atoms with van der Waals surface area (Å²) >= 11 is 0. The predicted molar refractivity (Wildman–Crippen MR) is 95.6 cm³/mol. The van der Waals surface area contributed by atoms with Gasteiger partial charge >= 0.3 is 0 Å². The van der Waals surface area contributed by atoms with Gasteiger partial charge in [0.1, 0.15) is 11.1 Å². The first-order valence-corrected chi connectivity index (χ1v) is 9.95. The van der Waals surface area contributed by atoms with Crippen LogP contribution in [-0.4, -0.2) is 26.1 Å². The van der Waals surface area contributed by atoms with Crippen LogP contribution in [-0.2, 0) is 26.8 Å². The highest BCUT2D eigenvalue weighted by molar-refractivity contribution is 7.92. The molecule has 1 aliphatic rings. The smallest absolute Gasteiger partial charge is 0.245 e. The number of hydrogen-bond donors (Lipinski definition) is 0. The van der Waals surface area contributed by atoms with Gasteiger partial charge in [0, 0.05) is 12.2 Å². The zero-order valence-corrected chi connectivity index (χ0v) is 14.8. The highest BCUT2D eigenvalue weighted by Crippen LogP contribution is 2.28. The summed E-state index contributed by atoms with van der Waals surface area (Å²) in [5.74, 6) is -1.11. The molecule has 0 bridgehead atoms. The molecule has 1 unspecified atom stereocenters. The first kappa shape index (κ1) is 17.6. The number of rotatable bonds is 4. The van der Waals surface area contributed by atoms with Gasteiger partial charge in [-0.15, -0.1) is 0 Å². The minimum Gasteiger partial charge on any atom is -0.311 e. The van der Waals surface area contributed by atoms with E-state index < -0.39 is 26.8 Å². The molecule has 0 saturated heterocycles. The van der Waals surface area contributed by atoms with Gasteiger partial charge in [0.2, 0.25) is 5.91 Å². The molecular formula is C19H20FNO3S. The van der Waals surface area contributed by atoms with Crippen molar-refractivity contribution in [2.75, 3.05) is 11.4 Å². The van der Waals surface area contributed by atoms with Crippen molar-refractivity contribution in [1.82, 2.24) is 0 Å². The van der Waals surface area contributed by atoms with Crippen molar-refractivity contribution >= 4 is 21.4 Å². The fraction of sp³-hybridized carbons (Fsp3) is 0.316. The standard InChI is InChI=1S/C19H20FNO3S/c1-14(25(23,24)13-15-8-10-17(20)11-9-15)19(22)21-12-4-6-16-5-2-3-7-18(16)21/h2-3,5,7-11,14H,4,6,12-13H2,1H3. The second kappa shape index (κ2) is 6.96. The highest BCUT2D eigenvalue weighted by atomic mass is 32.2. The fourth-order valence-corrected chi connectivity index (χ4v) is 4.42. The SMILES string of the molecule is CC(C(=O)N1CCCc2ccccc21)S(=O)(=O)Cc1ccc(F)cc1. The van der Waals surface area contributed by atoms with Gasteiger partial charge in [-0.25, -0.2) is 12.8 Å². The second-order valence-electron chi connectivity index (χ2n) is 6.30. The van der Waals surface area contributed by atoms with E-state index in [0.29, 0.717) is 12.1 Å². The van der Waals surface area contributed by atoms with Crippen molar-refractivity contribution in [2.45, 2.75) is 30.8 Å². The lowest BCUT2D eigenvalue weighted by atomic mass is 10.0. The number of hydrogen-bond acceptors (Lipinski definition) is 3. The molecule has 2 aromatic carbocycles. The first-order chi connectivity index (χ1) is 11.9. The van der Waals surface area contributed by atoms with E-state index in [1.165, 1.54) is 31.2 Å². The van der Waals surface area contributed by atoms with Crippen molar-refractivity contribution < 1.29 is 17.6 Å². The Bertz CT molecular complexity index is 878. The number of amides is 1. The normalized spacial score (nSPS) is 15.5. The molecule has 2 aromatic rings. The Morgan fingerprint density at radius 2 is 1.84 bits per heavy atom. The Morgan fingerprint density at radius 3 is 2.56 bits per heavy atom. The average molecular weight is 361 g/mol. The number of carbonyl (C=O) groups is 1. The molecule has 1 amide bonds. The average Bonchev–Trinajstić information content (AvgIpc) is 2.61. The van der Waals surface area contributed by atoms with Crippen molar-refractivity contribution in [3.05, 3.63) is 65.5 Å². The number of nitrogens with zero attached hydrogens (tertiary/aromatic N) is 1. The van der Waals surface area contributed by atoms with Crippen LogP contribution in [0, 0.1) is 5.82 Å². The molecule has 0 saturated carbocycles. The molecule has 0 fully saturated rings. The topological polar surface area (TPSA) is 54.5 Å². The number of para-hydroxylation sites is 1. The molecule has 0 spiro atoms. The summed E-state index contributed by atoms with van der Waals surface area (Å²) in [5, 5.41) is -1.15. The van der Waals surface area contributed by atoms with E-state index in [1.54, 1.807) is 4.90 Å². The molecule has 0 N–H and O–H groups in total. The Labute approximate surface area is 147 Å². The molecule has 25 heavy (non-hydrogen) atoms. The number of halogens is 1. The van der Waals surface area contributed by atoms with Crippen molar-refractivity contribution in [1.29, 1.82) is 0 Å². The van der Waals surface area contributed by atoms with Crippen LogP contribution in [0.3, 0.4) is 0 Å². The molecule has 6 heteroatoms. The van der Waals surface area contributed by atoms with Crippen molar-refractivity contribution in [3.63, 3.8) is 0 Å². The van der Waals surface area contributed by atoms with Crippen LogP contribution < -0.4 is 4.90 Å². The summed E-state index contributed by atoms with van der Waals surface area (Å²) in [7, 11) is -3.69. The van der Waals surface area contributed by atoms with Gasteiger partial charge in [-0.2, -0.15) is 0 Å². The van der Waals surface area contributed by atoms with Crippen LogP contribution in [0.5, 0.6) is 0 Å². The number of sulfone groups is 1. The predicted octanol–water partition coefficient (Wildman–Crippen LogP) is 3.11. The van der Waals surface area contributed by atoms with E-state index in [9.17, 15) is 17.6 Å². The Morgan fingerprint density at radius 1 is 1.16 bits per heavy atom. The molecule has 132 valence electrons. The Kier molecular flexibility index (Phi) is 4.90. The number of fused-ring (bicyclic) bond motifs is 1. The lowest BCUT2D eigenvalue weighted by Crippen LogP contribution is -2.44. The molecule has 4 nitrogen and oxygen atoms in total. The van der Waals surface area contributed by atoms with Crippen LogP contribution in [0.15, 0.2) is 48.5 Å². The van der Waals surface area contributed by atoms with E-state index in [-0.39, 0.29) is 5.75 Å². The van der Waals surface area contributed by atoms with E-state index in [4.69, 9.17) is 0 Å². The maximum atomic E-state index is 13.0. The summed E-state index contributed by atoms with van der Waals surface area (Å²) in [5.41, 5.74) is 2.33. The fourth-order valence-electron chi connectivity index (χ4n) is 3.07. The van der Waals surface area contributed by atoms with E-state index in [2.05, 4.69) is 0 Å². The van der Waals surface area contributed by atoms with Gasteiger partial charge in [0.25, 0.3) is 0 Å². The zero-order valence-electron chi connectivity index (χ0n) is 14.0. The van der Waals surface area contributed by atoms with Gasteiger partial charge in [-0.05, 0) is 49.1 Å². The summed E-state index contributed by atoms with van der Waals surface area (Å²) in [6, 6.07) is 12.9. The summed E-state index contributed by atoms with van der Waals surface area (Å²) < 4.78 is 38.3. The number of benzene rings is 2. The molecule has 0 aliphatic carbocycles. The Balaban J connectivity index is 1.81. The van der Waals surface area contributed by atoms with Gasteiger partial charge in [0.15, 0.2) is 9.84 Å². The third-order valence-electron chi connectivity index (χ3n) is 4.54. The summed E-state index contributed by atoms with van der Waals surface area (Å²) in [6.07, 6.45) is 1.70. The van der Waals surface area contributed by atoms with Crippen molar-refractivity contribution in [2.24, 2.45) is 0 Å². The van der Waals surface area contributed by atoms with Crippen molar-refractivity contribution in [3.8, 4) is 0 Å². The van der Waals surface area contributed by atoms with E-state index in [1.807, 2.05) is 24.3 Å². The summed E-state index contributed by atoms with van der Waals surface area (Å²) in [4.78, 5) is 14.4. The lowest BCUT2D eigenvalue weighted by Gasteiger charge is -2.31. The molecule has 1 aliphatic heterocycles. The number of anilines is 1. The van der Waals surface area contributed by atoms with Gasteiger partial charge in [0.05, 0.1) is 5.75 Å². The third kappa shape index (κ3) is 3.74. The maximum absolute atomic E-state index is 13.0. The third-order valence-corrected chi connectivity index (χ3v) is 6.56. The number of aryl methyl sites for hydroxylation is 1. The Hall–Kier alpha value is -2.21. The van der Waals surface area contributed by atoms with Gasteiger partial charge < -0.3 is 4.90 Å². The second-order valence-corrected chi connectivity index (χ2v) is 8.62. The molecule has 0 aromatic heterocycles. The lowest BCUT2D eigenvalue weighted by molar-refractivity contribution is -0.118. The van der Waals surface area contributed by atoms with Gasteiger partial charge in [-0.1, -0.05) is 30.3 Å². The molecule has 1 heterocycles. The van der Waals surface area contributed by atoms with Crippen LogP contribution in [0.1, 0.15) is 24.5 Å². The first-order valence-electron chi connectivity index (χ1n) is 8.24. The molecule has 1 atom stereocenters. The highest BCUT2D eigenvalue weighted by Gasteiger charge is 2.34. The number of carbonyl (C=O) groups excluding carboxylic acids is 1. The molecule has 3 rings (SSSR count). The van der Waals surface area contributed by atoms with E-state index in [0.717, 1.165) is 24.1 Å². The zero-order chi connectivity index (χ0) is 18.0.